The van der Waals surface area contributed by atoms with E-state index < -0.39 is 0 Å². The van der Waals surface area contributed by atoms with Crippen molar-refractivity contribution in [1.29, 1.82) is 0 Å². The molecule has 4 heterocycles. The molecule has 0 N–H and O–H groups in total. The van der Waals surface area contributed by atoms with E-state index in [1.54, 1.807) is 0 Å². The molecule has 0 radical (unpaired) electrons. The van der Waals surface area contributed by atoms with E-state index >= 15 is 0 Å². The first-order valence-corrected chi connectivity index (χ1v) is 14.5. The summed E-state index contributed by atoms with van der Waals surface area (Å²) >= 11 is 0. The van der Waals surface area contributed by atoms with Crippen LogP contribution in [0.2, 0.25) is 0 Å². The van der Waals surface area contributed by atoms with Crippen LogP contribution >= 0.6 is 0 Å². The van der Waals surface area contributed by atoms with Gasteiger partial charge in [0.05, 0.1) is 33.1 Å². The maximum absolute atomic E-state index is 2.51. The van der Waals surface area contributed by atoms with Gasteiger partial charge in [-0.2, -0.15) is 0 Å². The lowest BCUT2D eigenvalue weighted by molar-refractivity contribution is 0.662. The summed E-state index contributed by atoms with van der Waals surface area (Å²) in [6, 6.07) is 41.3. The SMILES string of the molecule is CC1(C)c2cc3c4cccc5c6ccccc6n(c3cc2-c2cc3c6cccc7c8ccccc8n(c3cc21)c76)c54. The lowest BCUT2D eigenvalue weighted by atomic mass is 9.82. The number of benzene rings is 6. The van der Waals surface area contributed by atoms with Gasteiger partial charge in [0.1, 0.15) is 0 Å². The molecular formula is C39H24N2. The zero-order chi connectivity index (χ0) is 26.8. The molecule has 10 aromatic rings. The lowest BCUT2D eigenvalue weighted by Gasteiger charge is -2.21. The van der Waals surface area contributed by atoms with E-state index in [2.05, 4.69) is 132 Å². The van der Waals surface area contributed by atoms with Crippen LogP contribution in [0.5, 0.6) is 0 Å². The zero-order valence-electron chi connectivity index (χ0n) is 22.8. The van der Waals surface area contributed by atoms with Crippen molar-refractivity contribution in [1.82, 2.24) is 8.80 Å². The largest absolute Gasteiger partial charge is 0.308 e. The Morgan fingerprint density at radius 2 is 0.829 bits per heavy atom. The van der Waals surface area contributed by atoms with Gasteiger partial charge >= 0.3 is 0 Å². The summed E-state index contributed by atoms with van der Waals surface area (Å²) in [4.78, 5) is 0. The van der Waals surface area contributed by atoms with Crippen molar-refractivity contribution < 1.29 is 0 Å². The Kier molecular flexibility index (Phi) is 3.27. The molecule has 0 unspecified atom stereocenters. The van der Waals surface area contributed by atoms with Crippen molar-refractivity contribution in [2.75, 3.05) is 0 Å². The lowest BCUT2D eigenvalue weighted by Crippen LogP contribution is -2.15. The van der Waals surface area contributed by atoms with Crippen molar-refractivity contribution in [3.8, 4) is 11.1 Å². The first-order chi connectivity index (χ1) is 20.1. The normalized spacial score (nSPS) is 14.8. The third-order valence-corrected chi connectivity index (χ3v) is 10.4. The molecule has 0 amide bonds. The van der Waals surface area contributed by atoms with Crippen LogP contribution in [0.3, 0.4) is 0 Å². The van der Waals surface area contributed by atoms with E-state index in [0.29, 0.717) is 0 Å². The van der Waals surface area contributed by atoms with Crippen LogP contribution in [0.1, 0.15) is 25.0 Å². The highest BCUT2D eigenvalue weighted by Gasteiger charge is 2.37. The quantitative estimate of drug-likeness (QED) is 0.188. The van der Waals surface area contributed by atoms with E-state index in [1.807, 2.05) is 0 Å². The summed E-state index contributed by atoms with van der Waals surface area (Å²) in [5.74, 6) is 0. The molecule has 0 fully saturated rings. The standard InChI is InChI=1S/C39H24N2/c1-39(2)31-18-30-26-14-8-12-24-21-9-3-5-15-33(21)40(38(24)26)35(30)19-28(31)27-17-29-25-13-7-11-23-22-10-4-6-16-34(22)41(37(23)25)36(29)20-32(27)39/h3-20H,1-2H3. The molecule has 1 aliphatic carbocycles. The van der Waals surface area contributed by atoms with Crippen LogP contribution in [0.4, 0.5) is 0 Å². The van der Waals surface area contributed by atoms with Gasteiger partial charge < -0.3 is 8.80 Å². The van der Waals surface area contributed by atoms with Crippen molar-refractivity contribution in [3.63, 3.8) is 0 Å². The fourth-order valence-corrected chi connectivity index (χ4v) is 8.58. The summed E-state index contributed by atoms with van der Waals surface area (Å²) in [6.45, 7) is 4.82. The number of para-hydroxylation sites is 4. The maximum Gasteiger partial charge on any atom is 0.0620 e. The second kappa shape index (κ2) is 6.45. The molecule has 0 saturated heterocycles. The summed E-state index contributed by atoms with van der Waals surface area (Å²) < 4.78 is 5.01. The van der Waals surface area contributed by atoms with Crippen molar-refractivity contribution in [2.24, 2.45) is 0 Å². The third-order valence-electron chi connectivity index (χ3n) is 10.4. The minimum Gasteiger partial charge on any atom is -0.308 e. The van der Waals surface area contributed by atoms with Crippen molar-refractivity contribution in [2.45, 2.75) is 19.3 Å². The van der Waals surface area contributed by atoms with Crippen LogP contribution in [0.25, 0.3) is 87.3 Å². The van der Waals surface area contributed by atoms with Gasteiger partial charge in [-0.3, -0.25) is 0 Å². The molecule has 1 aliphatic rings. The minimum atomic E-state index is -0.0984. The van der Waals surface area contributed by atoms with Gasteiger partial charge in [0, 0.05) is 48.5 Å². The highest BCUT2D eigenvalue weighted by molar-refractivity contribution is 6.25. The van der Waals surface area contributed by atoms with E-state index in [1.165, 1.54) is 98.4 Å². The Morgan fingerprint density at radius 3 is 1.44 bits per heavy atom. The van der Waals surface area contributed by atoms with E-state index in [4.69, 9.17) is 0 Å². The van der Waals surface area contributed by atoms with E-state index in [9.17, 15) is 0 Å². The predicted molar refractivity (Wildman–Crippen MR) is 173 cm³/mol. The zero-order valence-corrected chi connectivity index (χ0v) is 22.8. The van der Waals surface area contributed by atoms with E-state index in [0.717, 1.165) is 0 Å². The fourth-order valence-electron chi connectivity index (χ4n) is 8.58. The molecule has 4 aromatic heterocycles. The number of aromatic nitrogens is 2. The Balaban J connectivity index is 1.31. The van der Waals surface area contributed by atoms with Crippen molar-refractivity contribution >= 4 is 76.2 Å². The molecular weight excluding hydrogens is 496 g/mol. The van der Waals surface area contributed by atoms with Gasteiger partial charge in [-0.1, -0.05) is 86.6 Å². The smallest absolute Gasteiger partial charge is 0.0620 e. The summed E-state index contributed by atoms with van der Waals surface area (Å²) in [6.07, 6.45) is 0. The monoisotopic (exact) mass is 520 g/mol. The number of hydrogen-bond acceptors (Lipinski definition) is 0. The summed E-state index contributed by atoms with van der Waals surface area (Å²) in [7, 11) is 0. The molecule has 2 nitrogen and oxygen atoms in total. The molecule has 0 aliphatic heterocycles. The Labute approximate surface area is 235 Å². The molecule has 0 bridgehead atoms. The molecule has 190 valence electrons. The second-order valence-electron chi connectivity index (χ2n) is 12.6. The van der Waals surface area contributed by atoms with Gasteiger partial charge in [0.2, 0.25) is 0 Å². The molecule has 11 rings (SSSR count). The predicted octanol–water partition coefficient (Wildman–Crippen LogP) is 10.3. The van der Waals surface area contributed by atoms with Gasteiger partial charge in [-0.05, 0) is 58.7 Å². The average molecular weight is 521 g/mol. The number of fused-ring (bicyclic) bond motifs is 15. The minimum absolute atomic E-state index is 0.0984. The van der Waals surface area contributed by atoms with Crippen molar-refractivity contribution in [3.05, 3.63) is 120 Å². The van der Waals surface area contributed by atoms with Crippen LogP contribution in [-0.4, -0.2) is 8.80 Å². The maximum atomic E-state index is 2.51. The molecule has 41 heavy (non-hydrogen) atoms. The van der Waals surface area contributed by atoms with Gasteiger partial charge in [-0.25, -0.2) is 0 Å². The molecule has 6 aromatic carbocycles. The molecule has 2 heteroatoms. The molecule has 0 atom stereocenters. The summed E-state index contributed by atoms with van der Waals surface area (Å²) in [5.41, 5.74) is 13.4. The first-order valence-electron chi connectivity index (χ1n) is 14.5. The Morgan fingerprint density at radius 1 is 0.390 bits per heavy atom. The number of nitrogens with zero attached hydrogens (tertiary/aromatic N) is 2. The number of rotatable bonds is 0. The Bertz CT molecular complexity index is 2770. The third kappa shape index (κ3) is 2.14. The summed E-state index contributed by atoms with van der Waals surface area (Å²) in [5, 5.41) is 10.7. The highest BCUT2D eigenvalue weighted by Crippen LogP contribution is 2.53. The highest BCUT2D eigenvalue weighted by atomic mass is 14.9. The number of hydrogen-bond donors (Lipinski definition) is 0. The van der Waals surface area contributed by atoms with Gasteiger partial charge in [0.25, 0.3) is 0 Å². The fraction of sp³-hybridized carbons (Fsp3) is 0.0769. The topological polar surface area (TPSA) is 8.82 Å². The van der Waals surface area contributed by atoms with E-state index in [-0.39, 0.29) is 5.41 Å². The second-order valence-corrected chi connectivity index (χ2v) is 12.6. The average Bonchev–Trinajstić information content (AvgIpc) is 3.76. The van der Waals surface area contributed by atoms with Crippen LogP contribution in [-0.2, 0) is 5.41 Å². The van der Waals surface area contributed by atoms with Crippen LogP contribution in [0.15, 0.2) is 109 Å². The van der Waals surface area contributed by atoms with Crippen LogP contribution < -0.4 is 0 Å². The van der Waals surface area contributed by atoms with Crippen LogP contribution in [0, 0.1) is 0 Å². The molecule has 0 spiro atoms. The molecule has 0 saturated carbocycles. The van der Waals surface area contributed by atoms with Gasteiger partial charge in [-0.15, -0.1) is 0 Å². The van der Waals surface area contributed by atoms with Gasteiger partial charge in [0.15, 0.2) is 0 Å². The Hall–Kier alpha value is -5.08. The first kappa shape index (κ1) is 20.8.